The van der Waals surface area contributed by atoms with Crippen molar-refractivity contribution < 1.29 is 9.59 Å². The van der Waals surface area contributed by atoms with E-state index in [0.717, 1.165) is 13.6 Å². The van der Waals surface area contributed by atoms with Gasteiger partial charge in [-0.15, -0.1) is 0 Å². The van der Waals surface area contributed by atoms with Gasteiger partial charge in [0, 0.05) is 13.6 Å². The highest BCUT2D eigenvalue weighted by molar-refractivity contribution is 14.1. The topological polar surface area (TPSA) is 58.2 Å². The zero-order valence-electron chi connectivity index (χ0n) is 11.1. The highest BCUT2D eigenvalue weighted by atomic mass is 127. The van der Waals surface area contributed by atoms with Crippen LogP contribution < -0.4 is 10.9 Å². The van der Waals surface area contributed by atoms with Crippen molar-refractivity contribution in [1.82, 2.24) is 10.9 Å². The van der Waals surface area contributed by atoms with Gasteiger partial charge in [0.2, 0.25) is 0 Å². The van der Waals surface area contributed by atoms with Gasteiger partial charge < -0.3 is 0 Å². The van der Waals surface area contributed by atoms with Crippen LogP contribution >= 0.6 is 38.5 Å². The van der Waals surface area contributed by atoms with E-state index in [0.29, 0.717) is 11.1 Å². The quantitative estimate of drug-likeness (QED) is 0.535. The first-order valence-corrected chi connectivity index (χ1v) is 7.97. The number of rotatable bonds is 2. The van der Waals surface area contributed by atoms with Crippen molar-refractivity contribution >= 4 is 50.3 Å². The van der Waals surface area contributed by atoms with E-state index in [1.54, 1.807) is 24.3 Å². The Kier molecular flexibility index (Phi) is 5.35. The van der Waals surface area contributed by atoms with Gasteiger partial charge in [-0.1, -0.05) is 34.1 Å². The lowest BCUT2D eigenvalue weighted by molar-refractivity contribution is 0.0846. The van der Waals surface area contributed by atoms with Crippen molar-refractivity contribution in [2.45, 2.75) is 6.92 Å². The minimum atomic E-state index is -0.366. The van der Waals surface area contributed by atoms with Gasteiger partial charge in [-0.2, -0.15) is 0 Å². The summed E-state index contributed by atoms with van der Waals surface area (Å²) in [6.45, 7) is 1.94. The van der Waals surface area contributed by atoms with E-state index >= 15 is 0 Å². The van der Waals surface area contributed by atoms with Crippen LogP contribution in [-0.2, 0) is 0 Å². The molecule has 2 rings (SSSR count). The lowest BCUT2D eigenvalue weighted by Gasteiger charge is -2.09. The van der Waals surface area contributed by atoms with Gasteiger partial charge in [-0.25, -0.2) is 0 Å². The van der Waals surface area contributed by atoms with E-state index in [1.165, 1.54) is 0 Å². The maximum Gasteiger partial charge on any atom is 0.270 e. The largest absolute Gasteiger partial charge is 0.270 e. The highest BCUT2D eigenvalue weighted by Gasteiger charge is 2.11. The SMILES string of the molecule is Cc1ccc(C(=O)NNC(=O)c2ccccc2I)cc1Br. The molecule has 0 atom stereocenters. The molecule has 21 heavy (non-hydrogen) atoms. The number of hydrazine groups is 1. The van der Waals surface area contributed by atoms with Crippen LogP contribution in [0.1, 0.15) is 26.3 Å². The standard InChI is InChI=1S/C15H12BrIN2O2/c1-9-6-7-10(8-12(9)16)14(20)18-19-15(21)11-4-2-3-5-13(11)17/h2-8H,1H3,(H,18,20)(H,19,21). The molecule has 0 aliphatic carbocycles. The van der Waals surface area contributed by atoms with Crippen LogP contribution in [0.5, 0.6) is 0 Å². The average Bonchev–Trinajstić information content (AvgIpc) is 2.47. The van der Waals surface area contributed by atoms with Crippen LogP contribution in [0.3, 0.4) is 0 Å². The van der Waals surface area contributed by atoms with Gasteiger partial charge in [0.25, 0.3) is 11.8 Å². The Labute approximate surface area is 144 Å². The molecule has 2 amide bonds. The Morgan fingerprint density at radius 2 is 1.71 bits per heavy atom. The van der Waals surface area contributed by atoms with Crippen molar-refractivity contribution in [3.63, 3.8) is 0 Å². The molecule has 4 nitrogen and oxygen atoms in total. The first-order valence-electron chi connectivity index (χ1n) is 6.10. The molecule has 0 aliphatic heterocycles. The van der Waals surface area contributed by atoms with E-state index < -0.39 is 0 Å². The molecule has 0 aromatic heterocycles. The maximum absolute atomic E-state index is 12.0. The first-order chi connectivity index (χ1) is 9.99. The van der Waals surface area contributed by atoms with Crippen LogP contribution in [0.4, 0.5) is 0 Å². The fourth-order valence-electron chi connectivity index (χ4n) is 1.63. The fourth-order valence-corrected chi connectivity index (χ4v) is 2.64. The molecule has 0 spiro atoms. The van der Waals surface area contributed by atoms with Gasteiger partial charge in [-0.05, 0) is 59.3 Å². The summed E-state index contributed by atoms with van der Waals surface area (Å²) in [6, 6.07) is 12.4. The summed E-state index contributed by atoms with van der Waals surface area (Å²) in [5, 5.41) is 0. The number of carbonyl (C=O) groups is 2. The van der Waals surface area contributed by atoms with Crippen molar-refractivity contribution in [2.75, 3.05) is 0 Å². The molecule has 0 heterocycles. The second-order valence-electron chi connectivity index (χ2n) is 4.35. The summed E-state index contributed by atoms with van der Waals surface area (Å²) in [7, 11) is 0. The number of hydrogen-bond donors (Lipinski definition) is 2. The van der Waals surface area contributed by atoms with Gasteiger partial charge in [0.1, 0.15) is 0 Å². The second kappa shape index (κ2) is 7.04. The van der Waals surface area contributed by atoms with Crippen molar-refractivity contribution in [3.05, 3.63) is 67.2 Å². The van der Waals surface area contributed by atoms with Crippen LogP contribution in [-0.4, -0.2) is 11.8 Å². The first kappa shape index (κ1) is 16.0. The lowest BCUT2D eigenvalue weighted by Crippen LogP contribution is -2.41. The molecular weight excluding hydrogens is 447 g/mol. The van der Waals surface area contributed by atoms with Crippen molar-refractivity contribution in [1.29, 1.82) is 0 Å². The Morgan fingerprint density at radius 3 is 2.38 bits per heavy atom. The zero-order chi connectivity index (χ0) is 15.4. The van der Waals surface area contributed by atoms with Crippen LogP contribution in [0.25, 0.3) is 0 Å². The van der Waals surface area contributed by atoms with Gasteiger partial charge in [0.15, 0.2) is 0 Å². The monoisotopic (exact) mass is 458 g/mol. The molecule has 0 unspecified atom stereocenters. The summed E-state index contributed by atoms with van der Waals surface area (Å²) in [4.78, 5) is 24.0. The summed E-state index contributed by atoms with van der Waals surface area (Å²) in [6.07, 6.45) is 0. The number of halogens is 2. The lowest BCUT2D eigenvalue weighted by atomic mass is 10.1. The average molecular weight is 459 g/mol. The number of benzene rings is 2. The third-order valence-corrected chi connectivity index (χ3v) is 4.64. The molecule has 2 N–H and O–H groups in total. The normalized spacial score (nSPS) is 10.0. The molecule has 0 fully saturated rings. The van der Waals surface area contributed by atoms with Crippen molar-refractivity contribution in [3.8, 4) is 0 Å². The van der Waals surface area contributed by atoms with E-state index in [-0.39, 0.29) is 11.8 Å². The Balaban J connectivity index is 2.02. The molecule has 0 radical (unpaired) electrons. The van der Waals surface area contributed by atoms with Crippen LogP contribution in [0.2, 0.25) is 0 Å². The highest BCUT2D eigenvalue weighted by Crippen LogP contribution is 2.17. The Hall–Kier alpha value is -1.41. The third-order valence-electron chi connectivity index (χ3n) is 2.84. The number of nitrogens with one attached hydrogen (secondary N) is 2. The number of amides is 2. The third kappa shape index (κ3) is 4.04. The van der Waals surface area contributed by atoms with Crippen molar-refractivity contribution in [2.24, 2.45) is 0 Å². The van der Waals surface area contributed by atoms with Gasteiger partial charge in [0.05, 0.1) is 5.56 Å². The fraction of sp³-hybridized carbons (Fsp3) is 0.0667. The Morgan fingerprint density at radius 1 is 1.05 bits per heavy atom. The molecule has 6 heteroatoms. The summed E-state index contributed by atoms with van der Waals surface area (Å²) >= 11 is 5.44. The zero-order valence-corrected chi connectivity index (χ0v) is 14.9. The number of hydrogen-bond acceptors (Lipinski definition) is 2. The number of aryl methyl sites for hydroxylation is 1. The van der Waals surface area contributed by atoms with Gasteiger partial charge >= 0.3 is 0 Å². The van der Waals surface area contributed by atoms with Gasteiger partial charge in [-0.3, -0.25) is 20.4 Å². The molecule has 108 valence electrons. The molecule has 0 bridgehead atoms. The molecule has 2 aromatic carbocycles. The summed E-state index contributed by atoms with van der Waals surface area (Å²) in [5.41, 5.74) is 6.84. The second-order valence-corrected chi connectivity index (χ2v) is 6.37. The van der Waals surface area contributed by atoms with Crippen LogP contribution in [0, 0.1) is 10.5 Å². The predicted octanol–water partition coefficient (Wildman–Crippen LogP) is 3.44. The molecular formula is C15H12BrIN2O2. The smallest absolute Gasteiger partial charge is 0.267 e. The molecule has 0 aliphatic rings. The number of carbonyl (C=O) groups excluding carboxylic acids is 2. The van der Waals surface area contributed by atoms with E-state index in [4.69, 9.17) is 0 Å². The summed E-state index contributed by atoms with van der Waals surface area (Å²) < 4.78 is 1.67. The molecule has 2 aromatic rings. The van der Waals surface area contributed by atoms with Crippen LogP contribution in [0.15, 0.2) is 46.9 Å². The summed E-state index contributed by atoms with van der Waals surface area (Å²) in [5.74, 6) is -0.713. The Bertz CT molecular complexity index is 704. The minimum Gasteiger partial charge on any atom is -0.267 e. The van der Waals surface area contributed by atoms with E-state index in [9.17, 15) is 9.59 Å². The molecule has 0 saturated carbocycles. The van der Waals surface area contributed by atoms with E-state index in [2.05, 4.69) is 49.4 Å². The predicted molar refractivity (Wildman–Crippen MR) is 93.0 cm³/mol. The maximum atomic E-state index is 12.0. The van der Waals surface area contributed by atoms with E-state index in [1.807, 2.05) is 25.1 Å². The molecule has 0 saturated heterocycles. The minimum absolute atomic E-state index is 0.348.